The van der Waals surface area contributed by atoms with Crippen molar-refractivity contribution in [2.45, 2.75) is 18.2 Å². The van der Waals surface area contributed by atoms with Gasteiger partial charge in [-0.25, -0.2) is 16.8 Å². The molecule has 21 heavy (non-hydrogen) atoms. The summed E-state index contributed by atoms with van der Waals surface area (Å²) in [4.78, 5) is -0.309. The van der Waals surface area contributed by atoms with E-state index in [4.69, 9.17) is 38.6 Å². The van der Waals surface area contributed by atoms with Gasteiger partial charge in [0.25, 0.3) is 9.05 Å². The van der Waals surface area contributed by atoms with Crippen molar-refractivity contribution in [1.29, 1.82) is 0 Å². The zero-order valence-corrected chi connectivity index (χ0v) is 14.9. The van der Waals surface area contributed by atoms with E-state index in [0.29, 0.717) is 6.42 Å². The second-order valence-corrected chi connectivity index (χ2v) is 9.91. The summed E-state index contributed by atoms with van der Waals surface area (Å²) in [5, 5.41) is -0.0949. The summed E-state index contributed by atoms with van der Waals surface area (Å²) in [5.41, 5.74) is 0. The molecule has 0 heterocycles. The Morgan fingerprint density at radius 1 is 1.10 bits per heavy atom. The van der Waals surface area contributed by atoms with Crippen molar-refractivity contribution in [2.24, 2.45) is 0 Å². The van der Waals surface area contributed by atoms with Gasteiger partial charge in [-0.1, -0.05) is 30.1 Å². The van der Waals surface area contributed by atoms with Crippen molar-refractivity contribution in [2.75, 3.05) is 18.1 Å². The summed E-state index contributed by atoms with van der Waals surface area (Å²) in [5.74, 6) is 0.241. The van der Waals surface area contributed by atoms with E-state index in [2.05, 4.69) is 0 Å². The molecule has 0 N–H and O–H groups in total. The molecule has 0 amide bonds. The van der Waals surface area contributed by atoms with Crippen molar-refractivity contribution in [3.8, 4) is 5.75 Å². The molecule has 0 aliphatic carbocycles. The van der Waals surface area contributed by atoms with Crippen LogP contribution in [0.15, 0.2) is 17.0 Å². The lowest BCUT2D eigenvalue weighted by molar-refractivity contribution is 0.317. The fraction of sp³-hybridized carbons (Fsp3) is 0.455. The first-order valence-corrected chi connectivity index (χ1v) is 10.7. The fourth-order valence-electron chi connectivity index (χ4n) is 1.41. The molecule has 0 bridgehead atoms. The Morgan fingerprint density at radius 2 is 1.71 bits per heavy atom. The normalized spacial score (nSPS) is 12.4. The molecular weight excluding hydrogens is 383 g/mol. The maximum atomic E-state index is 11.3. The summed E-state index contributed by atoms with van der Waals surface area (Å²) in [6.45, 7) is 1.68. The molecule has 120 valence electrons. The second kappa shape index (κ2) is 7.37. The highest BCUT2D eigenvalue weighted by Gasteiger charge is 2.18. The third-order valence-corrected chi connectivity index (χ3v) is 6.42. The van der Waals surface area contributed by atoms with Crippen LogP contribution in [0.25, 0.3) is 0 Å². The van der Waals surface area contributed by atoms with Gasteiger partial charge in [-0.3, -0.25) is 0 Å². The smallest absolute Gasteiger partial charge is 0.262 e. The average Bonchev–Trinajstić information content (AvgIpc) is 2.36. The number of hydrogen-bond donors (Lipinski definition) is 0. The maximum Gasteiger partial charge on any atom is 0.262 e. The zero-order chi connectivity index (χ0) is 16.3. The molecule has 10 heteroatoms. The Balaban J connectivity index is 2.76. The molecule has 0 spiro atoms. The van der Waals surface area contributed by atoms with E-state index in [0.717, 1.165) is 6.07 Å². The Kier molecular flexibility index (Phi) is 6.61. The van der Waals surface area contributed by atoms with Gasteiger partial charge in [-0.15, -0.1) is 0 Å². The first kappa shape index (κ1) is 18.8. The van der Waals surface area contributed by atoms with Gasteiger partial charge in [0.1, 0.15) is 20.5 Å². The first-order valence-electron chi connectivity index (χ1n) is 5.84. The van der Waals surface area contributed by atoms with E-state index in [9.17, 15) is 16.8 Å². The third-order valence-electron chi connectivity index (χ3n) is 2.55. The van der Waals surface area contributed by atoms with E-state index in [1.807, 2.05) is 0 Å². The van der Waals surface area contributed by atoms with Crippen LogP contribution < -0.4 is 4.74 Å². The van der Waals surface area contributed by atoms with Crippen LogP contribution in [0.2, 0.25) is 10.0 Å². The molecule has 1 aromatic carbocycles. The van der Waals surface area contributed by atoms with Crippen LogP contribution in [0, 0.1) is 0 Å². The minimum atomic E-state index is -4.00. The SMILES string of the molecule is CCS(=O)(=O)CCCOc1cc(Cl)c(S(=O)(=O)Cl)cc1Cl. The standard InChI is InChI=1S/C11H13Cl3O5S2/c1-2-20(15,16)5-3-4-19-10-6-9(13)11(7-8(10)12)21(14,17)18/h6-7H,2-5H2,1H3. The van der Waals surface area contributed by atoms with Crippen molar-refractivity contribution < 1.29 is 21.6 Å². The maximum absolute atomic E-state index is 11.3. The van der Waals surface area contributed by atoms with Crippen LogP contribution >= 0.6 is 33.9 Å². The Morgan fingerprint density at radius 3 is 2.24 bits per heavy atom. The number of benzene rings is 1. The van der Waals surface area contributed by atoms with Gasteiger partial charge in [0.2, 0.25) is 0 Å². The Bertz CT molecular complexity index is 714. The lowest BCUT2D eigenvalue weighted by Gasteiger charge is -2.10. The lowest BCUT2D eigenvalue weighted by Crippen LogP contribution is -2.12. The monoisotopic (exact) mass is 394 g/mol. The van der Waals surface area contributed by atoms with Gasteiger partial charge in [0.05, 0.1) is 22.4 Å². The van der Waals surface area contributed by atoms with Crippen molar-refractivity contribution in [1.82, 2.24) is 0 Å². The van der Waals surface area contributed by atoms with Crippen LogP contribution in [0.3, 0.4) is 0 Å². The van der Waals surface area contributed by atoms with Crippen LogP contribution in [0.1, 0.15) is 13.3 Å². The molecule has 0 fully saturated rings. The summed E-state index contributed by atoms with van der Waals surface area (Å²) in [7, 11) is -1.85. The van der Waals surface area contributed by atoms with Crippen molar-refractivity contribution in [3.05, 3.63) is 22.2 Å². The fourth-order valence-corrected chi connectivity index (χ4v) is 4.05. The van der Waals surface area contributed by atoms with E-state index in [1.165, 1.54) is 6.07 Å². The van der Waals surface area contributed by atoms with Crippen LogP contribution in [0.4, 0.5) is 0 Å². The molecule has 0 aliphatic rings. The van der Waals surface area contributed by atoms with Gasteiger partial charge in [0.15, 0.2) is 0 Å². The predicted octanol–water partition coefficient (Wildman–Crippen LogP) is 3.12. The van der Waals surface area contributed by atoms with E-state index in [1.54, 1.807) is 6.92 Å². The number of halogens is 3. The number of ether oxygens (including phenoxy) is 1. The average molecular weight is 396 g/mol. The van der Waals surface area contributed by atoms with Gasteiger partial charge in [-0.2, -0.15) is 0 Å². The highest BCUT2D eigenvalue weighted by atomic mass is 35.7. The number of hydrogen-bond acceptors (Lipinski definition) is 5. The van der Waals surface area contributed by atoms with E-state index in [-0.39, 0.29) is 38.8 Å². The van der Waals surface area contributed by atoms with Crippen molar-refractivity contribution >= 4 is 52.8 Å². The minimum absolute atomic E-state index is 0.00297. The van der Waals surface area contributed by atoms with E-state index >= 15 is 0 Å². The quantitative estimate of drug-likeness (QED) is 0.523. The van der Waals surface area contributed by atoms with Gasteiger partial charge < -0.3 is 4.74 Å². The Hall–Kier alpha value is -0.210. The molecule has 0 saturated heterocycles. The predicted molar refractivity (Wildman–Crippen MR) is 83.9 cm³/mol. The second-order valence-electron chi connectivity index (χ2n) is 4.09. The number of sulfone groups is 1. The van der Waals surface area contributed by atoms with Crippen molar-refractivity contribution in [3.63, 3.8) is 0 Å². The van der Waals surface area contributed by atoms with Gasteiger partial charge >= 0.3 is 0 Å². The largest absolute Gasteiger partial charge is 0.492 e. The van der Waals surface area contributed by atoms with Crippen LogP contribution in [-0.4, -0.2) is 34.9 Å². The van der Waals surface area contributed by atoms with Gasteiger partial charge in [0, 0.05) is 22.5 Å². The summed E-state index contributed by atoms with van der Waals surface area (Å²) in [6.07, 6.45) is 0.291. The van der Waals surface area contributed by atoms with E-state index < -0.39 is 18.9 Å². The Labute approximate surface area is 138 Å². The molecule has 0 aromatic heterocycles. The molecule has 1 aromatic rings. The molecule has 5 nitrogen and oxygen atoms in total. The summed E-state index contributed by atoms with van der Waals surface area (Å²) < 4.78 is 50.4. The van der Waals surface area contributed by atoms with Crippen LogP contribution in [-0.2, 0) is 18.9 Å². The first-order chi connectivity index (χ1) is 9.57. The molecule has 0 saturated carbocycles. The molecule has 1 rings (SSSR count). The summed E-state index contributed by atoms with van der Waals surface area (Å²) >= 11 is 11.7. The third kappa shape index (κ3) is 5.83. The lowest BCUT2D eigenvalue weighted by atomic mass is 10.3. The molecule has 0 atom stereocenters. The highest BCUT2D eigenvalue weighted by molar-refractivity contribution is 8.13. The molecular formula is C11H13Cl3O5S2. The number of rotatable bonds is 7. The molecule has 0 radical (unpaired) electrons. The zero-order valence-electron chi connectivity index (χ0n) is 11.0. The minimum Gasteiger partial charge on any atom is -0.492 e. The van der Waals surface area contributed by atoms with Crippen LogP contribution in [0.5, 0.6) is 5.75 Å². The topological polar surface area (TPSA) is 77.5 Å². The molecule has 0 aliphatic heterocycles. The highest BCUT2D eigenvalue weighted by Crippen LogP contribution is 2.35. The van der Waals surface area contributed by atoms with Gasteiger partial charge in [-0.05, 0) is 12.5 Å². The molecule has 0 unspecified atom stereocenters. The summed E-state index contributed by atoms with van der Waals surface area (Å²) in [6, 6.07) is 2.32.